The molecule has 114 valence electrons. The van der Waals surface area contributed by atoms with Crippen LogP contribution in [0.3, 0.4) is 0 Å². The first-order chi connectivity index (χ1) is 10.1. The second-order valence-electron chi connectivity index (χ2n) is 5.76. The third-order valence-electron chi connectivity index (χ3n) is 4.18. The van der Waals surface area contributed by atoms with Gasteiger partial charge in [-0.3, -0.25) is 9.59 Å². The first-order valence-corrected chi connectivity index (χ1v) is 7.54. The van der Waals surface area contributed by atoms with Gasteiger partial charge in [-0.05, 0) is 19.3 Å². The number of ether oxygens (including phenoxy) is 1. The van der Waals surface area contributed by atoms with E-state index in [1.165, 1.54) is 18.4 Å². The molecule has 0 spiro atoms. The third kappa shape index (κ3) is 3.32. The van der Waals surface area contributed by atoms with Gasteiger partial charge in [0, 0.05) is 18.8 Å². The molecule has 0 N–H and O–H groups in total. The average molecular weight is 293 g/mol. The summed E-state index contributed by atoms with van der Waals surface area (Å²) in [7, 11) is 0. The summed E-state index contributed by atoms with van der Waals surface area (Å²) in [6.07, 6.45) is 8.01. The van der Waals surface area contributed by atoms with Gasteiger partial charge in [-0.15, -0.1) is 5.06 Å². The predicted octanol–water partition coefficient (Wildman–Crippen LogP) is 1.50. The highest BCUT2D eigenvalue weighted by Gasteiger charge is 2.36. The summed E-state index contributed by atoms with van der Waals surface area (Å²) in [6.45, 7) is -0.223. The van der Waals surface area contributed by atoms with E-state index in [0.717, 1.165) is 19.3 Å². The minimum Gasteiger partial charge on any atom is -0.365 e. The molecule has 1 saturated heterocycles. The van der Waals surface area contributed by atoms with Crippen molar-refractivity contribution in [3.63, 3.8) is 0 Å². The molecule has 1 aliphatic heterocycles. The van der Waals surface area contributed by atoms with Crippen molar-refractivity contribution in [2.45, 2.75) is 51.0 Å². The Morgan fingerprint density at radius 1 is 1.14 bits per heavy atom. The first kappa shape index (κ1) is 14.3. The second-order valence-corrected chi connectivity index (χ2v) is 5.76. The molecular formula is C15H19NO5. The predicted molar refractivity (Wildman–Crippen MR) is 71.6 cm³/mol. The van der Waals surface area contributed by atoms with Gasteiger partial charge in [0.05, 0.1) is 6.10 Å². The Hall–Kier alpha value is -1.69. The van der Waals surface area contributed by atoms with E-state index in [9.17, 15) is 14.4 Å². The van der Waals surface area contributed by atoms with E-state index < -0.39 is 17.8 Å². The van der Waals surface area contributed by atoms with Crippen LogP contribution in [0.15, 0.2) is 11.6 Å². The van der Waals surface area contributed by atoms with Crippen LogP contribution in [0, 0.1) is 5.92 Å². The number of hydroxylamine groups is 2. The van der Waals surface area contributed by atoms with Crippen LogP contribution in [0.5, 0.6) is 0 Å². The Labute approximate surface area is 123 Å². The summed E-state index contributed by atoms with van der Waals surface area (Å²) in [5.74, 6) is -1.26. The zero-order chi connectivity index (χ0) is 14.8. The van der Waals surface area contributed by atoms with E-state index in [0.29, 0.717) is 11.0 Å². The van der Waals surface area contributed by atoms with Crippen molar-refractivity contribution in [1.82, 2.24) is 5.06 Å². The molecular weight excluding hydrogens is 274 g/mol. The molecule has 21 heavy (non-hydrogen) atoms. The third-order valence-corrected chi connectivity index (χ3v) is 4.18. The molecule has 6 nitrogen and oxygen atoms in total. The Balaban J connectivity index is 1.45. The zero-order valence-electron chi connectivity index (χ0n) is 11.9. The zero-order valence-corrected chi connectivity index (χ0v) is 11.9. The van der Waals surface area contributed by atoms with Crippen LogP contribution in [0.25, 0.3) is 0 Å². The number of nitrogens with zero attached hydrogens (tertiary/aromatic N) is 1. The average Bonchev–Trinajstić information content (AvgIpc) is 3.12. The lowest BCUT2D eigenvalue weighted by Crippen LogP contribution is -2.34. The molecule has 2 fully saturated rings. The second kappa shape index (κ2) is 5.97. The summed E-state index contributed by atoms with van der Waals surface area (Å²) in [4.78, 5) is 39.2. The highest BCUT2D eigenvalue weighted by Crippen LogP contribution is 2.41. The van der Waals surface area contributed by atoms with Crippen molar-refractivity contribution in [2.75, 3.05) is 6.61 Å². The summed E-state index contributed by atoms with van der Waals surface area (Å²) < 4.78 is 5.64. The van der Waals surface area contributed by atoms with Crippen LogP contribution in [0.1, 0.15) is 44.9 Å². The van der Waals surface area contributed by atoms with Crippen LogP contribution in [-0.4, -0.2) is 35.6 Å². The van der Waals surface area contributed by atoms with E-state index in [-0.39, 0.29) is 25.6 Å². The van der Waals surface area contributed by atoms with Crippen LogP contribution in [0.4, 0.5) is 0 Å². The Kier molecular flexibility index (Phi) is 4.05. The lowest BCUT2D eigenvalue weighted by molar-refractivity contribution is -0.201. The van der Waals surface area contributed by atoms with Gasteiger partial charge < -0.3 is 9.57 Å². The van der Waals surface area contributed by atoms with Crippen molar-refractivity contribution >= 4 is 17.8 Å². The van der Waals surface area contributed by atoms with Gasteiger partial charge in [-0.1, -0.05) is 24.5 Å². The van der Waals surface area contributed by atoms with Crippen LogP contribution < -0.4 is 0 Å². The molecule has 1 heterocycles. The fraction of sp³-hybridized carbons (Fsp3) is 0.667. The van der Waals surface area contributed by atoms with E-state index in [1.54, 1.807) is 0 Å². The maximum absolute atomic E-state index is 11.7. The van der Waals surface area contributed by atoms with Gasteiger partial charge in [0.15, 0.2) is 0 Å². The fourth-order valence-electron chi connectivity index (χ4n) is 2.96. The van der Waals surface area contributed by atoms with Gasteiger partial charge in [-0.25, -0.2) is 4.79 Å². The Bertz CT molecular complexity index is 482. The van der Waals surface area contributed by atoms with Crippen molar-refractivity contribution in [3.05, 3.63) is 11.6 Å². The van der Waals surface area contributed by atoms with Crippen LogP contribution >= 0.6 is 0 Å². The maximum atomic E-state index is 11.7. The molecule has 2 amide bonds. The van der Waals surface area contributed by atoms with E-state index in [4.69, 9.17) is 9.57 Å². The molecule has 0 radical (unpaired) electrons. The highest BCUT2D eigenvalue weighted by atomic mass is 16.7. The standard InChI is InChI=1S/C15H19NO5/c17-13-6-7-14(18)16(13)21-15(19)9-20-12-5-3-1-2-4-10-8-11(10)12/h8,11-12H,1-7,9H2. The maximum Gasteiger partial charge on any atom is 0.358 e. The van der Waals surface area contributed by atoms with E-state index in [1.807, 2.05) is 0 Å². The molecule has 1 saturated carbocycles. The molecule has 6 heteroatoms. The van der Waals surface area contributed by atoms with Gasteiger partial charge in [-0.2, -0.15) is 0 Å². The Morgan fingerprint density at radius 3 is 2.67 bits per heavy atom. The minimum atomic E-state index is -0.692. The molecule has 3 aliphatic rings. The van der Waals surface area contributed by atoms with Gasteiger partial charge in [0.2, 0.25) is 0 Å². The highest BCUT2D eigenvalue weighted by molar-refractivity contribution is 6.01. The minimum absolute atomic E-state index is 0.0258. The van der Waals surface area contributed by atoms with Crippen LogP contribution in [0.2, 0.25) is 0 Å². The number of rotatable bonds is 4. The summed E-state index contributed by atoms with van der Waals surface area (Å²) in [6, 6.07) is 0. The molecule has 0 aromatic carbocycles. The number of hydrogen-bond acceptors (Lipinski definition) is 5. The summed E-state index contributed by atoms with van der Waals surface area (Å²) in [5, 5.41) is 0.560. The normalized spacial score (nSPS) is 28.6. The number of imide groups is 1. The topological polar surface area (TPSA) is 72.9 Å². The Morgan fingerprint density at radius 2 is 1.90 bits per heavy atom. The van der Waals surface area contributed by atoms with E-state index >= 15 is 0 Å². The van der Waals surface area contributed by atoms with Crippen molar-refractivity contribution in [2.24, 2.45) is 5.92 Å². The molecule has 2 unspecified atom stereocenters. The molecule has 0 aromatic heterocycles. The smallest absolute Gasteiger partial charge is 0.358 e. The number of carbonyl (C=O) groups is 3. The molecule has 2 aliphatic carbocycles. The van der Waals surface area contributed by atoms with Gasteiger partial charge >= 0.3 is 5.97 Å². The quantitative estimate of drug-likeness (QED) is 0.580. The fourth-order valence-corrected chi connectivity index (χ4v) is 2.96. The number of amides is 2. The largest absolute Gasteiger partial charge is 0.365 e. The number of fused-ring (bicyclic) bond motifs is 1. The van der Waals surface area contributed by atoms with Crippen LogP contribution in [-0.2, 0) is 24.0 Å². The lowest BCUT2D eigenvalue weighted by atomic mass is 9.97. The first-order valence-electron chi connectivity index (χ1n) is 7.54. The monoisotopic (exact) mass is 293 g/mol. The molecule has 0 aromatic rings. The van der Waals surface area contributed by atoms with Crippen molar-refractivity contribution < 1.29 is 24.0 Å². The SMILES string of the molecule is O=C(COC1CCCCCC2=CC21)ON1C(=O)CCC1=O. The number of carbonyl (C=O) groups excluding carboxylic acids is 3. The van der Waals surface area contributed by atoms with Crippen molar-refractivity contribution in [3.8, 4) is 0 Å². The van der Waals surface area contributed by atoms with Gasteiger partial charge in [0.1, 0.15) is 6.61 Å². The van der Waals surface area contributed by atoms with Gasteiger partial charge in [0.25, 0.3) is 11.8 Å². The summed E-state index contributed by atoms with van der Waals surface area (Å²) in [5.41, 5.74) is 1.43. The van der Waals surface area contributed by atoms with E-state index in [2.05, 4.69) is 6.08 Å². The molecule has 2 atom stereocenters. The summed E-state index contributed by atoms with van der Waals surface area (Å²) >= 11 is 0. The molecule has 3 rings (SSSR count). The number of hydrogen-bond donors (Lipinski definition) is 0. The molecule has 0 bridgehead atoms. The lowest BCUT2D eigenvalue weighted by Gasteiger charge is -2.20. The van der Waals surface area contributed by atoms with Crippen molar-refractivity contribution in [1.29, 1.82) is 0 Å².